The Labute approximate surface area is 162 Å². The average Bonchev–Trinajstić information content (AvgIpc) is 2.53. The molecular formula is C17H8Cl4O4. The minimum atomic E-state index is -0.748. The fourth-order valence-electron chi connectivity index (χ4n) is 2.28. The van der Waals surface area contributed by atoms with Gasteiger partial charge in [0.05, 0.1) is 0 Å². The summed E-state index contributed by atoms with van der Waals surface area (Å²) in [5.41, 5.74) is 1.45. The maximum absolute atomic E-state index is 11.4. The van der Waals surface area contributed by atoms with Gasteiger partial charge in [-0.3, -0.25) is 19.2 Å². The lowest BCUT2D eigenvalue weighted by Crippen LogP contribution is -2.02. The van der Waals surface area contributed by atoms with Gasteiger partial charge in [-0.25, -0.2) is 0 Å². The first-order valence-electron chi connectivity index (χ1n) is 6.74. The molecule has 0 amide bonds. The number of carbonyl (C=O) groups excluding carboxylic acids is 4. The Morgan fingerprint density at radius 2 is 0.760 bits per heavy atom. The van der Waals surface area contributed by atoms with Crippen molar-refractivity contribution in [2.75, 3.05) is 0 Å². The summed E-state index contributed by atoms with van der Waals surface area (Å²) in [6.45, 7) is 0. The quantitative estimate of drug-likeness (QED) is 0.633. The summed E-state index contributed by atoms with van der Waals surface area (Å²) >= 11 is 21.9. The summed E-state index contributed by atoms with van der Waals surface area (Å²) in [6, 6.07) is 8.49. The molecule has 0 fully saturated rings. The smallest absolute Gasteiger partial charge is 0.252 e. The molecule has 0 N–H and O–H groups in total. The van der Waals surface area contributed by atoms with Crippen molar-refractivity contribution in [3.8, 4) is 0 Å². The van der Waals surface area contributed by atoms with Gasteiger partial charge < -0.3 is 0 Å². The molecule has 0 aliphatic rings. The van der Waals surface area contributed by atoms with E-state index in [0.29, 0.717) is 11.1 Å². The van der Waals surface area contributed by atoms with Gasteiger partial charge in [-0.05, 0) is 100 Å². The van der Waals surface area contributed by atoms with E-state index in [-0.39, 0.29) is 28.7 Å². The zero-order valence-electron chi connectivity index (χ0n) is 12.3. The largest absolute Gasteiger partial charge is 0.276 e. The second-order valence-corrected chi connectivity index (χ2v) is 6.48. The zero-order chi connectivity index (χ0) is 18.7. The van der Waals surface area contributed by atoms with Crippen LogP contribution in [0, 0.1) is 0 Å². The van der Waals surface area contributed by atoms with Gasteiger partial charge in [0.25, 0.3) is 21.0 Å². The van der Waals surface area contributed by atoms with Crippen LogP contribution in [0.4, 0.5) is 0 Å². The first kappa shape index (κ1) is 19.6. The van der Waals surface area contributed by atoms with Gasteiger partial charge >= 0.3 is 0 Å². The number of hydrogen-bond acceptors (Lipinski definition) is 4. The van der Waals surface area contributed by atoms with Crippen molar-refractivity contribution in [2.24, 2.45) is 0 Å². The van der Waals surface area contributed by atoms with Crippen molar-refractivity contribution in [3.63, 3.8) is 0 Å². The average molecular weight is 418 g/mol. The molecule has 0 spiro atoms. The van der Waals surface area contributed by atoms with E-state index in [1.54, 1.807) is 0 Å². The molecule has 128 valence electrons. The predicted molar refractivity (Wildman–Crippen MR) is 96.4 cm³/mol. The molecule has 0 radical (unpaired) electrons. The summed E-state index contributed by atoms with van der Waals surface area (Å²) < 4.78 is 0. The van der Waals surface area contributed by atoms with Crippen LogP contribution in [0.1, 0.15) is 52.6 Å². The van der Waals surface area contributed by atoms with Gasteiger partial charge in [-0.1, -0.05) is 0 Å². The van der Waals surface area contributed by atoms with E-state index in [4.69, 9.17) is 46.4 Å². The van der Waals surface area contributed by atoms with Gasteiger partial charge in [-0.15, -0.1) is 0 Å². The van der Waals surface area contributed by atoms with Crippen LogP contribution in [-0.2, 0) is 6.42 Å². The number of carbonyl (C=O) groups is 4. The fourth-order valence-corrected chi connectivity index (χ4v) is 2.71. The third kappa shape index (κ3) is 5.13. The van der Waals surface area contributed by atoms with Crippen molar-refractivity contribution in [2.45, 2.75) is 6.42 Å². The molecule has 4 nitrogen and oxygen atoms in total. The van der Waals surface area contributed by atoms with E-state index in [1.807, 2.05) is 0 Å². The second-order valence-electron chi connectivity index (χ2n) is 5.11. The van der Waals surface area contributed by atoms with E-state index in [9.17, 15) is 19.2 Å². The number of rotatable bonds is 6. The Hall–Kier alpha value is -1.72. The highest BCUT2D eigenvalue weighted by molar-refractivity contribution is 6.69. The lowest BCUT2D eigenvalue weighted by Gasteiger charge is -2.08. The van der Waals surface area contributed by atoms with Crippen LogP contribution in [0.5, 0.6) is 0 Å². The molecule has 0 aliphatic heterocycles. The first-order chi connectivity index (χ1) is 11.7. The van der Waals surface area contributed by atoms with Gasteiger partial charge in [0.15, 0.2) is 0 Å². The fraction of sp³-hybridized carbons (Fsp3) is 0.0588. The Morgan fingerprint density at radius 1 is 0.520 bits per heavy atom. The standard InChI is InChI=1S/C17H8Cl4O4/c18-14(22)10-2-8(3-11(6-10)15(19)23)1-9-4-12(16(20)24)7-13(5-9)17(21)25/h2-7H,1H2. The Kier molecular flexibility index (Phi) is 6.36. The van der Waals surface area contributed by atoms with E-state index in [2.05, 4.69) is 0 Å². The maximum atomic E-state index is 11.4. The Balaban J connectivity index is 2.51. The molecule has 0 saturated carbocycles. The van der Waals surface area contributed by atoms with Gasteiger partial charge in [0.2, 0.25) is 0 Å². The van der Waals surface area contributed by atoms with Crippen molar-refractivity contribution >= 4 is 67.4 Å². The minimum Gasteiger partial charge on any atom is -0.276 e. The Morgan fingerprint density at radius 3 is 0.960 bits per heavy atom. The molecular weight excluding hydrogens is 410 g/mol. The third-order valence-corrected chi connectivity index (χ3v) is 4.17. The topological polar surface area (TPSA) is 68.3 Å². The second kappa shape index (κ2) is 8.11. The van der Waals surface area contributed by atoms with Crippen molar-refractivity contribution in [3.05, 3.63) is 69.8 Å². The van der Waals surface area contributed by atoms with Crippen LogP contribution < -0.4 is 0 Å². The van der Waals surface area contributed by atoms with Crippen LogP contribution in [0.3, 0.4) is 0 Å². The number of halogens is 4. The van der Waals surface area contributed by atoms with Gasteiger partial charge in [0, 0.05) is 22.3 Å². The highest BCUT2D eigenvalue weighted by atomic mass is 35.5. The number of benzene rings is 2. The molecule has 0 atom stereocenters. The molecule has 2 aromatic carbocycles. The summed E-state index contributed by atoms with van der Waals surface area (Å²) in [6.07, 6.45) is 0.185. The molecule has 0 saturated heterocycles. The number of hydrogen-bond donors (Lipinski definition) is 0. The summed E-state index contributed by atoms with van der Waals surface area (Å²) in [7, 11) is 0. The zero-order valence-corrected chi connectivity index (χ0v) is 15.3. The molecule has 0 aromatic heterocycles. The van der Waals surface area contributed by atoms with Crippen LogP contribution in [0.15, 0.2) is 36.4 Å². The van der Waals surface area contributed by atoms with E-state index < -0.39 is 21.0 Å². The maximum Gasteiger partial charge on any atom is 0.252 e. The SMILES string of the molecule is O=C(Cl)c1cc(Cc2cc(C(=O)Cl)cc(C(=O)Cl)c2)cc(C(=O)Cl)c1. The molecule has 0 heterocycles. The van der Waals surface area contributed by atoms with E-state index in [1.165, 1.54) is 36.4 Å². The molecule has 8 heteroatoms. The molecule has 0 unspecified atom stereocenters. The van der Waals surface area contributed by atoms with E-state index in [0.717, 1.165) is 0 Å². The monoisotopic (exact) mass is 416 g/mol. The lowest BCUT2D eigenvalue weighted by atomic mass is 9.98. The molecule has 0 aliphatic carbocycles. The molecule has 2 aromatic rings. The van der Waals surface area contributed by atoms with Crippen molar-refractivity contribution < 1.29 is 19.2 Å². The van der Waals surface area contributed by atoms with Crippen LogP contribution in [-0.4, -0.2) is 21.0 Å². The lowest BCUT2D eigenvalue weighted by molar-refractivity contribution is 0.106. The highest BCUT2D eigenvalue weighted by Gasteiger charge is 2.14. The molecule has 2 rings (SSSR count). The highest BCUT2D eigenvalue weighted by Crippen LogP contribution is 2.21. The Bertz CT molecular complexity index is 768. The van der Waals surface area contributed by atoms with Crippen LogP contribution in [0.2, 0.25) is 0 Å². The minimum absolute atomic E-state index is 0.0985. The predicted octanol–water partition coefficient (Wildman–Crippen LogP) is 4.79. The molecule has 25 heavy (non-hydrogen) atoms. The van der Waals surface area contributed by atoms with Gasteiger partial charge in [0.1, 0.15) is 0 Å². The van der Waals surface area contributed by atoms with E-state index >= 15 is 0 Å². The first-order valence-corrected chi connectivity index (χ1v) is 8.26. The van der Waals surface area contributed by atoms with Crippen molar-refractivity contribution in [1.82, 2.24) is 0 Å². The third-order valence-electron chi connectivity index (χ3n) is 3.30. The van der Waals surface area contributed by atoms with Crippen LogP contribution in [0.25, 0.3) is 0 Å². The van der Waals surface area contributed by atoms with Crippen molar-refractivity contribution in [1.29, 1.82) is 0 Å². The molecule has 0 bridgehead atoms. The summed E-state index contributed by atoms with van der Waals surface area (Å²) in [5, 5.41) is -2.99. The van der Waals surface area contributed by atoms with Crippen LogP contribution >= 0.6 is 46.4 Å². The normalized spacial score (nSPS) is 10.4. The summed E-state index contributed by atoms with van der Waals surface area (Å²) in [5.74, 6) is 0. The summed E-state index contributed by atoms with van der Waals surface area (Å²) in [4.78, 5) is 45.6. The van der Waals surface area contributed by atoms with Gasteiger partial charge in [-0.2, -0.15) is 0 Å².